The number of carbonyl (C=O) groups is 1. The maximum Gasteiger partial charge on any atom is 0.335 e. The molecule has 132 valence electrons. The number of hydrogen-bond donors (Lipinski definition) is 2. The highest BCUT2D eigenvalue weighted by molar-refractivity contribution is 5.87. The Hall–Kier alpha value is -3.07. The highest BCUT2D eigenvalue weighted by atomic mass is 16.4. The SMILES string of the molecule is O=C(O)c1ccccc1.Oc1ccc2c(c1)CC(Cc1ccccc1)C2. The second-order valence-electron chi connectivity index (χ2n) is 6.59. The van der Waals surface area contributed by atoms with Crippen LogP contribution >= 0.6 is 0 Å². The molecule has 0 saturated heterocycles. The van der Waals surface area contributed by atoms with E-state index in [2.05, 4.69) is 36.4 Å². The van der Waals surface area contributed by atoms with Gasteiger partial charge in [-0.1, -0.05) is 54.6 Å². The third kappa shape index (κ3) is 4.73. The fourth-order valence-corrected chi connectivity index (χ4v) is 3.37. The van der Waals surface area contributed by atoms with Crippen LogP contribution in [0.4, 0.5) is 0 Å². The average Bonchev–Trinajstić information content (AvgIpc) is 3.05. The molecular weight excluding hydrogens is 324 g/mol. The largest absolute Gasteiger partial charge is 0.508 e. The summed E-state index contributed by atoms with van der Waals surface area (Å²) >= 11 is 0. The molecule has 1 unspecified atom stereocenters. The van der Waals surface area contributed by atoms with Crippen LogP contribution in [0.15, 0.2) is 78.9 Å². The van der Waals surface area contributed by atoms with Crippen molar-refractivity contribution in [3.8, 4) is 5.75 Å². The van der Waals surface area contributed by atoms with Crippen molar-refractivity contribution >= 4 is 5.97 Å². The summed E-state index contributed by atoms with van der Waals surface area (Å²) in [6.07, 6.45) is 3.37. The van der Waals surface area contributed by atoms with Gasteiger partial charge in [-0.3, -0.25) is 0 Å². The molecule has 3 nitrogen and oxygen atoms in total. The molecule has 0 radical (unpaired) electrons. The molecule has 0 heterocycles. The van der Waals surface area contributed by atoms with E-state index in [0.717, 1.165) is 19.3 Å². The number of fused-ring (bicyclic) bond motifs is 1. The summed E-state index contributed by atoms with van der Waals surface area (Å²) in [6, 6.07) is 24.7. The number of hydrogen-bond acceptors (Lipinski definition) is 2. The molecule has 26 heavy (non-hydrogen) atoms. The first-order chi connectivity index (χ1) is 12.6. The molecule has 0 amide bonds. The van der Waals surface area contributed by atoms with Crippen LogP contribution in [-0.2, 0) is 19.3 Å². The van der Waals surface area contributed by atoms with Gasteiger partial charge in [0.2, 0.25) is 0 Å². The minimum absolute atomic E-state index is 0.331. The molecule has 1 aliphatic rings. The van der Waals surface area contributed by atoms with Crippen molar-refractivity contribution in [1.82, 2.24) is 0 Å². The van der Waals surface area contributed by atoms with Crippen LogP contribution in [0.3, 0.4) is 0 Å². The van der Waals surface area contributed by atoms with Gasteiger partial charge in [-0.05, 0) is 66.1 Å². The lowest BCUT2D eigenvalue weighted by Gasteiger charge is -2.08. The summed E-state index contributed by atoms with van der Waals surface area (Å²) in [5.41, 5.74) is 4.47. The van der Waals surface area contributed by atoms with Gasteiger partial charge >= 0.3 is 5.97 Å². The van der Waals surface area contributed by atoms with Crippen LogP contribution in [0, 0.1) is 5.92 Å². The van der Waals surface area contributed by atoms with Crippen molar-refractivity contribution in [1.29, 1.82) is 0 Å². The molecule has 0 aromatic heterocycles. The second-order valence-corrected chi connectivity index (χ2v) is 6.59. The Balaban J connectivity index is 0.000000185. The smallest absolute Gasteiger partial charge is 0.335 e. The third-order valence-electron chi connectivity index (χ3n) is 4.59. The van der Waals surface area contributed by atoms with Crippen molar-refractivity contribution in [3.05, 3.63) is 101 Å². The van der Waals surface area contributed by atoms with Gasteiger partial charge in [-0.2, -0.15) is 0 Å². The van der Waals surface area contributed by atoms with Crippen LogP contribution in [0.1, 0.15) is 27.0 Å². The Labute approximate surface area is 153 Å². The van der Waals surface area contributed by atoms with Gasteiger partial charge in [0.05, 0.1) is 5.56 Å². The normalized spacial score (nSPS) is 14.8. The Morgan fingerprint density at radius 3 is 2.08 bits per heavy atom. The molecule has 3 aromatic carbocycles. The Kier molecular flexibility index (Phi) is 5.69. The maximum absolute atomic E-state index is 10.2. The summed E-state index contributed by atoms with van der Waals surface area (Å²) in [5, 5.41) is 17.9. The molecule has 0 spiro atoms. The fraction of sp³-hybridized carbons (Fsp3) is 0.174. The van der Waals surface area contributed by atoms with Crippen LogP contribution in [0.2, 0.25) is 0 Å². The van der Waals surface area contributed by atoms with E-state index in [4.69, 9.17) is 5.11 Å². The lowest BCUT2D eigenvalue weighted by atomic mass is 9.97. The van der Waals surface area contributed by atoms with E-state index in [1.807, 2.05) is 6.07 Å². The van der Waals surface area contributed by atoms with Crippen molar-refractivity contribution in [2.45, 2.75) is 19.3 Å². The number of aromatic hydroxyl groups is 1. The minimum Gasteiger partial charge on any atom is -0.508 e. The zero-order chi connectivity index (χ0) is 18.4. The molecule has 3 aromatic rings. The van der Waals surface area contributed by atoms with Crippen molar-refractivity contribution < 1.29 is 15.0 Å². The van der Waals surface area contributed by atoms with E-state index in [9.17, 15) is 9.90 Å². The number of rotatable bonds is 3. The van der Waals surface area contributed by atoms with Gasteiger partial charge in [0.25, 0.3) is 0 Å². The quantitative estimate of drug-likeness (QED) is 0.720. The van der Waals surface area contributed by atoms with E-state index in [-0.39, 0.29) is 0 Å². The molecule has 0 saturated carbocycles. The highest BCUT2D eigenvalue weighted by Gasteiger charge is 2.21. The monoisotopic (exact) mass is 346 g/mol. The Bertz CT molecular complexity index is 857. The molecule has 0 bridgehead atoms. The maximum atomic E-state index is 10.2. The fourth-order valence-electron chi connectivity index (χ4n) is 3.37. The Morgan fingerprint density at radius 2 is 1.46 bits per heavy atom. The summed E-state index contributed by atoms with van der Waals surface area (Å²) < 4.78 is 0. The first kappa shape index (κ1) is 17.7. The first-order valence-corrected chi connectivity index (χ1v) is 8.75. The number of carboxylic acids is 1. The molecule has 0 fully saturated rings. The summed E-state index contributed by atoms with van der Waals surface area (Å²) in [7, 11) is 0. The molecular formula is C23H22O3. The molecule has 4 rings (SSSR count). The van der Waals surface area contributed by atoms with Gasteiger partial charge < -0.3 is 10.2 Å². The van der Waals surface area contributed by atoms with Crippen LogP contribution in [0.25, 0.3) is 0 Å². The van der Waals surface area contributed by atoms with Gasteiger partial charge in [0, 0.05) is 0 Å². The Morgan fingerprint density at radius 1 is 0.846 bits per heavy atom. The van der Waals surface area contributed by atoms with Crippen molar-refractivity contribution in [2.24, 2.45) is 5.92 Å². The lowest BCUT2D eigenvalue weighted by molar-refractivity contribution is 0.0697. The standard InChI is InChI=1S/C16H16O.C7H6O2/c17-16-7-6-14-9-13(10-15(14)11-16)8-12-4-2-1-3-5-12;8-7(9)6-4-2-1-3-5-6/h1-7,11,13,17H,8-10H2;1-5H,(H,8,9). The number of aromatic carboxylic acids is 1. The predicted octanol–water partition coefficient (Wildman–Crippen LogP) is 4.73. The summed E-state index contributed by atoms with van der Waals surface area (Å²) in [5.74, 6) is 0.203. The van der Waals surface area contributed by atoms with Crippen LogP contribution in [-0.4, -0.2) is 16.2 Å². The van der Waals surface area contributed by atoms with Gasteiger partial charge in [0.1, 0.15) is 5.75 Å². The van der Waals surface area contributed by atoms with Gasteiger partial charge in [-0.15, -0.1) is 0 Å². The minimum atomic E-state index is -0.879. The second kappa shape index (κ2) is 8.34. The van der Waals surface area contributed by atoms with Crippen molar-refractivity contribution in [3.63, 3.8) is 0 Å². The highest BCUT2D eigenvalue weighted by Crippen LogP contribution is 2.31. The van der Waals surface area contributed by atoms with E-state index in [0.29, 0.717) is 17.2 Å². The van der Waals surface area contributed by atoms with E-state index in [1.165, 1.54) is 16.7 Å². The zero-order valence-corrected chi connectivity index (χ0v) is 14.5. The molecule has 0 aliphatic heterocycles. The first-order valence-electron chi connectivity index (χ1n) is 8.75. The average molecular weight is 346 g/mol. The number of benzene rings is 3. The van der Waals surface area contributed by atoms with Crippen molar-refractivity contribution in [2.75, 3.05) is 0 Å². The number of carboxylic acid groups (broad SMARTS) is 1. The summed E-state index contributed by atoms with van der Waals surface area (Å²) in [6.45, 7) is 0. The summed E-state index contributed by atoms with van der Waals surface area (Å²) in [4.78, 5) is 10.2. The van der Waals surface area contributed by atoms with Crippen LogP contribution in [0.5, 0.6) is 5.75 Å². The lowest BCUT2D eigenvalue weighted by Crippen LogP contribution is -2.03. The van der Waals surface area contributed by atoms with E-state index < -0.39 is 5.97 Å². The van der Waals surface area contributed by atoms with Crippen LogP contribution < -0.4 is 0 Å². The zero-order valence-electron chi connectivity index (χ0n) is 14.5. The van der Waals surface area contributed by atoms with E-state index >= 15 is 0 Å². The molecule has 3 heteroatoms. The van der Waals surface area contributed by atoms with Gasteiger partial charge in [0.15, 0.2) is 0 Å². The number of phenolic OH excluding ortho intramolecular Hbond substituents is 1. The molecule has 1 atom stereocenters. The third-order valence-corrected chi connectivity index (χ3v) is 4.59. The van der Waals surface area contributed by atoms with Gasteiger partial charge in [-0.25, -0.2) is 4.79 Å². The topological polar surface area (TPSA) is 57.5 Å². The predicted molar refractivity (Wildman–Crippen MR) is 103 cm³/mol. The molecule has 1 aliphatic carbocycles. The van der Waals surface area contributed by atoms with E-state index in [1.54, 1.807) is 36.4 Å². The molecule has 2 N–H and O–H groups in total. The number of phenols is 1.